The Bertz CT molecular complexity index is 1000. The van der Waals surface area contributed by atoms with Crippen LogP contribution < -0.4 is 13.8 Å². The van der Waals surface area contributed by atoms with Crippen molar-refractivity contribution in [2.24, 2.45) is 5.92 Å². The zero-order valence-electron chi connectivity index (χ0n) is 17.8. The van der Waals surface area contributed by atoms with Crippen LogP contribution in [0.3, 0.4) is 0 Å². The minimum absolute atomic E-state index is 0.0153. The fourth-order valence-corrected chi connectivity index (χ4v) is 4.86. The summed E-state index contributed by atoms with van der Waals surface area (Å²) >= 11 is 0. The van der Waals surface area contributed by atoms with E-state index in [0.29, 0.717) is 28.7 Å². The Hall–Kier alpha value is -2.74. The molecule has 1 fully saturated rings. The maximum Gasteiger partial charge on any atom is 0.264 e. The lowest BCUT2D eigenvalue weighted by Crippen LogP contribution is -2.39. The predicted molar refractivity (Wildman–Crippen MR) is 116 cm³/mol. The first-order valence-corrected chi connectivity index (χ1v) is 11.3. The monoisotopic (exact) mass is 432 g/mol. The molecule has 1 aliphatic rings. The van der Waals surface area contributed by atoms with Crippen molar-refractivity contribution in [3.05, 3.63) is 48.0 Å². The molecule has 1 amide bonds. The van der Waals surface area contributed by atoms with Gasteiger partial charge in [-0.05, 0) is 55.2 Å². The summed E-state index contributed by atoms with van der Waals surface area (Å²) in [5.41, 5.74) is 1.03. The smallest absolute Gasteiger partial charge is 0.264 e. The highest BCUT2D eigenvalue weighted by Gasteiger charge is 2.25. The van der Waals surface area contributed by atoms with Crippen molar-refractivity contribution in [1.29, 1.82) is 0 Å². The normalized spacial score (nSPS) is 16.8. The molecule has 7 nitrogen and oxygen atoms in total. The Morgan fingerprint density at radius 1 is 1.07 bits per heavy atom. The topological polar surface area (TPSA) is 76.2 Å². The summed E-state index contributed by atoms with van der Waals surface area (Å²) in [6.45, 7) is 3.67. The number of sulfonamides is 1. The summed E-state index contributed by atoms with van der Waals surface area (Å²) in [5, 5.41) is 0. The molecule has 1 unspecified atom stereocenters. The first kappa shape index (κ1) is 22.0. The van der Waals surface area contributed by atoms with Gasteiger partial charge >= 0.3 is 0 Å². The number of anilines is 1. The highest BCUT2D eigenvalue weighted by molar-refractivity contribution is 7.92. The lowest BCUT2D eigenvalue weighted by atomic mass is 9.99. The highest BCUT2D eigenvalue weighted by atomic mass is 32.2. The third-order valence-corrected chi connectivity index (χ3v) is 7.22. The lowest BCUT2D eigenvalue weighted by Gasteiger charge is -2.31. The quantitative estimate of drug-likeness (QED) is 0.699. The van der Waals surface area contributed by atoms with Gasteiger partial charge in [-0.3, -0.25) is 9.10 Å². The molecule has 30 heavy (non-hydrogen) atoms. The zero-order valence-corrected chi connectivity index (χ0v) is 18.6. The van der Waals surface area contributed by atoms with E-state index in [1.54, 1.807) is 30.3 Å². The minimum Gasteiger partial charge on any atom is -0.493 e. The van der Waals surface area contributed by atoms with Crippen molar-refractivity contribution >= 4 is 21.6 Å². The van der Waals surface area contributed by atoms with Gasteiger partial charge in [-0.15, -0.1) is 0 Å². The van der Waals surface area contributed by atoms with Crippen LogP contribution in [-0.2, 0) is 10.0 Å². The van der Waals surface area contributed by atoms with Crippen molar-refractivity contribution < 1.29 is 22.7 Å². The second-order valence-electron chi connectivity index (χ2n) is 7.53. The van der Waals surface area contributed by atoms with Gasteiger partial charge in [0.2, 0.25) is 0 Å². The third-order valence-electron chi connectivity index (χ3n) is 5.44. The molecule has 0 spiro atoms. The van der Waals surface area contributed by atoms with Crippen LogP contribution in [0.25, 0.3) is 0 Å². The minimum atomic E-state index is -3.81. The summed E-state index contributed by atoms with van der Waals surface area (Å²) in [4.78, 5) is 14.7. The molecule has 2 aromatic carbocycles. The number of carbonyl (C=O) groups is 1. The van der Waals surface area contributed by atoms with Crippen LogP contribution >= 0.6 is 0 Å². The number of benzene rings is 2. The van der Waals surface area contributed by atoms with Crippen LogP contribution in [0.4, 0.5) is 5.69 Å². The van der Waals surface area contributed by atoms with E-state index in [9.17, 15) is 13.2 Å². The number of methoxy groups -OCH3 is 2. The van der Waals surface area contributed by atoms with Gasteiger partial charge in [0, 0.05) is 31.8 Å². The van der Waals surface area contributed by atoms with E-state index in [4.69, 9.17) is 9.47 Å². The molecule has 0 saturated carbocycles. The van der Waals surface area contributed by atoms with Crippen LogP contribution in [0.5, 0.6) is 11.5 Å². The van der Waals surface area contributed by atoms with Crippen LogP contribution in [0.2, 0.25) is 0 Å². The molecule has 0 aliphatic carbocycles. The summed E-state index contributed by atoms with van der Waals surface area (Å²) < 4.78 is 37.7. The molecular formula is C22H28N2O5S. The molecule has 1 aliphatic heterocycles. The van der Waals surface area contributed by atoms with Crippen LogP contribution in [0.1, 0.15) is 30.1 Å². The van der Waals surface area contributed by atoms with Crippen molar-refractivity contribution in [2.45, 2.75) is 24.7 Å². The second-order valence-corrected chi connectivity index (χ2v) is 9.50. The Morgan fingerprint density at radius 2 is 1.73 bits per heavy atom. The zero-order chi connectivity index (χ0) is 21.9. The van der Waals surface area contributed by atoms with E-state index in [1.165, 1.54) is 37.7 Å². The molecule has 0 radical (unpaired) electrons. The first-order valence-electron chi connectivity index (χ1n) is 9.88. The van der Waals surface area contributed by atoms with Crippen LogP contribution in [0.15, 0.2) is 47.4 Å². The van der Waals surface area contributed by atoms with Crippen molar-refractivity contribution in [3.63, 3.8) is 0 Å². The maximum absolute atomic E-state index is 13.1. The van der Waals surface area contributed by atoms with Gasteiger partial charge in [0.15, 0.2) is 11.5 Å². The van der Waals surface area contributed by atoms with E-state index in [1.807, 2.05) is 4.90 Å². The Balaban J connectivity index is 1.81. The van der Waals surface area contributed by atoms with Gasteiger partial charge in [0.1, 0.15) is 0 Å². The molecule has 162 valence electrons. The Labute approximate surface area is 178 Å². The number of amides is 1. The van der Waals surface area contributed by atoms with E-state index in [0.717, 1.165) is 25.9 Å². The summed E-state index contributed by atoms with van der Waals surface area (Å²) in [5.74, 6) is 1.27. The average molecular weight is 433 g/mol. The van der Waals surface area contributed by atoms with E-state index in [2.05, 4.69) is 6.92 Å². The van der Waals surface area contributed by atoms with E-state index < -0.39 is 10.0 Å². The van der Waals surface area contributed by atoms with Gasteiger partial charge in [-0.25, -0.2) is 8.42 Å². The molecule has 2 aromatic rings. The van der Waals surface area contributed by atoms with Crippen molar-refractivity contribution in [3.8, 4) is 11.5 Å². The molecule has 0 N–H and O–H groups in total. The van der Waals surface area contributed by atoms with Gasteiger partial charge < -0.3 is 14.4 Å². The van der Waals surface area contributed by atoms with Crippen LogP contribution in [0, 0.1) is 5.92 Å². The predicted octanol–water partition coefficient (Wildman–Crippen LogP) is 3.40. The number of ether oxygens (including phenoxy) is 2. The molecule has 0 bridgehead atoms. The number of carbonyl (C=O) groups excluding carboxylic acids is 1. The van der Waals surface area contributed by atoms with E-state index >= 15 is 0 Å². The van der Waals surface area contributed by atoms with Gasteiger partial charge in [-0.2, -0.15) is 0 Å². The Kier molecular flexibility index (Phi) is 6.55. The lowest BCUT2D eigenvalue weighted by molar-refractivity contribution is 0.0683. The number of likely N-dealkylation sites (tertiary alicyclic amines) is 1. The standard InChI is InChI=1S/C22H28N2O5S/c1-16-6-5-13-24(15-16)22(25)17-7-9-18(10-8-17)23(2)30(26,27)19-11-12-20(28-3)21(14-19)29-4/h7-12,14,16H,5-6,13,15H2,1-4H3. The molecule has 0 aromatic heterocycles. The maximum atomic E-state index is 13.1. The molecule has 1 atom stereocenters. The molecule has 8 heteroatoms. The average Bonchev–Trinajstić information content (AvgIpc) is 2.77. The van der Waals surface area contributed by atoms with Crippen molar-refractivity contribution in [2.75, 3.05) is 38.7 Å². The first-order chi connectivity index (χ1) is 14.3. The number of hydrogen-bond donors (Lipinski definition) is 0. The molecular weight excluding hydrogens is 404 g/mol. The number of nitrogens with zero attached hydrogens (tertiary/aromatic N) is 2. The number of piperidine rings is 1. The van der Waals surface area contributed by atoms with Gasteiger partial charge in [0.05, 0.1) is 24.8 Å². The summed E-state index contributed by atoms with van der Waals surface area (Å²) in [6.07, 6.45) is 2.15. The molecule has 1 heterocycles. The summed E-state index contributed by atoms with van der Waals surface area (Å²) in [7, 11) is 0.620. The fourth-order valence-electron chi connectivity index (χ4n) is 3.64. The van der Waals surface area contributed by atoms with Crippen molar-refractivity contribution in [1.82, 2.24) is 4.90 Å². The largest absolute Gasteiger partial charge is 0.493 e. The molecule has 3 rings (SSSR count). The van der Waals surface area contributed by atoms with Gasteiger partial charge in [0.25, 0.3) is 15.9 Å². The fraction of sp³-hybridized carbons (Fsp3) is 0.409. The number of hydrogen-bond acceptors (Lipinski definition) is 5. The SMILES string of the molecule is COc1ccc(S(=O)(=O)N(C)c2ccc(C(=O)N3CCCC(C)C3)cc2)cc1OC. The van der Waals surface area contributed by atoms with Crippen LogP contribution in [-0.4, -0.2) is 53.6 Å². The second kappa shape index (κ2) is 8.95. The van der Waals surface area contributed by atoms with E-state index in [-0.39, 0.29) is 10.8 Å². The third kappa shape index (κ3) is 4.38. The summed E-state index contributed by atoms with van der Waals surface area (Å²) in [6, 6.07) is 11.1. The highest BCUT2D eigenvalue weighted by Crippen LogP contribution is 2.31. The van der Waals surface area contributed by atoms with Gasteiger partial charge in [-0.1, -0.05) is 6.92 Å². The number of rotatable bonds is 6. The Morgan fingerprint density at radius 3 is 2.33 bits per heavy atom. The molecule has 1 saturated heterocycles.